The van der Waals surface area contributed by atoms with Gasteiger partial charge in [0.15, 0.2) is 0 Å². The summed E-state index contributed by atoms with van der Waals surface area (Å²) < 4.78 is 0. The molecule has 2 aliphatic rings. The highest BCUT2D eigenvalue weighted by atomic mass is 31.1. The standard InChI is InChI=1S/C28H38N2O2P2/c1-26(2,3)25(32)30-18-34(28(7,8)9)24-20(13-11-15-22(24)30)19-12-10-14-21-23(19)33(27(4,5)6)17-29(21)16-31/h10-16H,17-18H2,1-9H3. The number of hydrogen-bond donors (Lipinski definition) is 0. The van der Waals surface area contributed by atoms with Crippen LogP contribution in [0.3, 0.4) is 0 Å². The van der Waals surface area contributed by atoms with E-state index in [1.807, 2.05) is 30.6 Å². The second kappa shape index (κ2) is 8.42. The lowest BCUT2D eigenvalue weighted by atomic mass is 9.94. The normalized spacial score (nSPS) is 20.4. The zero-order valence-corrected chi connectivity index (χ0v) is 23.8. The molecule has 2 unspecified atom stereocenters. The van der Waals surface area contributed by atoms with Gasteiger partial charge in [0.2, 0.25) is 12.3 Å². The van der Waals surface area contributed by atoms with Crippen molar-refractivity contribution < 1.29 is 9.59 Å². The first kappa shape index (κ1) is 25.3. The molecule has 0 saturated carbocycles. The maximum absolute atomic E-state index is 13.5. The summed E-state index contributed by atoms with van der Waals surface area (Å²) in [6.07, 6.45) is 2.52. The molecule has 34 heavy (non-hydrogen) atoms. The lowest BCUT2D eigenvalue weighted by molar-refractivity contribution is -0.125. The Morgan fingerprint density at radius 2 is 1.24 bits per heavy atom. The molecule has 182 valence electrons. The molecule has 0 N–H and O–H groups in total. The van der Waals surface area contributed by atoms with E-state index < -0.39 is 21.3 Å². The summed E-state index contributed by atoms with van der Waals surface area (Å²) in [5.74, 6) is 0.183. The molecular weight excluding hydrogens is 458 g/mol. The number of rotatable bonds is 2. The molecular formula is C28H38N2O2P2. The van der Waals surface area contributed by atoms with Crippen LogP contribution in [0.4, 0.5) is 11.4 Å². The molecule has 4 nitrogen and oxygen atoms in total. The van der Waals surface area contributed by atoms with Crippen LogP contribution in [-0.4, -0.2) is 35.2 Å². The number of hydrogen-bond acceptors (Lipinski definition) is 2. The second-order valence-corrected chi connectivity index (χ2v) is 18.2. The molecule has 6 heteroatoms. The number of nitrogens with zero attached hydrogens (tertiary/aromatic N) is 2. The highest BCUT2D eigenvalue weighted by molar-refractivity contribution is 7.69. The van der Waals surface area contributed by atoms with Crippen molar-refractivity contribution in [1.29, 1.82) is 0 Å². The maximum atomic E-state index is 13.5. The lowest BCUT2D eigenvalue weighted by Crippen LogP contribution is -2.38. The van der Waals surface area contributed by atoms with Crippen LogP contribution in [0, 0.1) is 5.41 Å². The van der Waals surface area contributed by atoms with Crippen molar-refractivity contribution in [1.82, 2.24) is 0 Å². The summed E-state index contributed by atoms with van der Waals surface area (Å²) in [4.78, 5) is 29.4. The summed E-state index contributed by atoms with van der Waals surface area (Å²) in [7, 11) is -1.16. The van der Waals surface area contributed by atoms with Gasteiger partial charge in [-0.3, -0.25) is 9.59 Å². The predicted molar refractivity (Wildman–Crippen MR) is 150 cm³/mol. The molecule has 2 aromatic rings. The van der Waals surface area contributed by atoms with Gasteiger partial charge >= 0.3 is 0 Å². The van der Waals surface area contributed by atoms with E-state index in [9.17, 15) is 9.59 Å². The Morgan fingerprint density at radius 1 is 0.765 bits per heavy atom. The predicted octanol–water partition coefficient (Wildman–Crippen LogP) is 6.45. The Labute approximate surface area is 207 Å². The van der Waals surface area contributed by atoms with Crippen molar-refractivity contribution in [2.24, 2.45) is 5.41 Å². The molecule has 2 aliphatic heterocycles. The van der Waals surface area contributed by atoms with Gasteiger partial charge in [0, 0.05) is 22.3 Å². The van der Waals surface area contributed by atoms with Crippen LogP contribution < -0.4 is 20.4 Å². The van der Waals surface area contributed by atoms with Crippen LogP contribution in [0.25, 0.3) is 11.1 Å². The number of carbonyl (C=O) groups excluding carboxylic acids is 2. The maximum Gasteiger partial charge on any atom is 0.232 e. The molecule has 0 radical (unpaired) electrons. The highest BCUT2D eigenvalue weighted by Gasteiger charge is 2.44. The Hall–Kier alpha value is -1.76. The fourth-order valence-electron chi connectivity index (χ4n) is 4.87. The Kier molecular flexibility index (Phi) is 6.28. The fourth-order valence-corrected chi connectivity index (χ4v) is 10.3. The molecule has 0 bridgehead atoms. The first-order valence-corrected chi connectivity index (χ1v) is 15.1. The molecule has 2 amide bonds. The molecule has 0 fully saturated rings. The van der Waals surface area contributed by atoms with Gasteiger partial charge in [-0.05, 0) is 49.4 Å². The van der Waals surface area contributed by atoms with Gasteiger partial charge in [0.1, 0.15) is 0 Å². The Bertz CT molecular complexity index is 1140. The third-order valence-electron chi connectivity index (χ3n) is 6.67. The van der Waals surface area contributed by atoms with E-state index in [1.165, 1.54) is 21.7 Å². The fraction of sp³-hybridized carbons (Fsp3) is 0.500. The average molecular weight is 497 g/mol. The largest absolute Gasteiger partial charge is 0.310 e. The number of benzene rings is 2. The van der Waals surface area contributed by atoms with Crippen molar-refractivity contribution >= 4 is 50.1 Å². The van der Waals surface area contributed by atoms with Gasteiger partial charge in [-0.2, -0.15) is 0 Å². The topological polar surface area (TPSA) is 40.6 Å². The average Bonchev–Trinajstić information content (AvgIpc) is 3.31. The van der Waals surface area contributed by atoms with Gasteiger partial charge in [0.05, 0.1) is 17.7 Å². The number of amides is 2. The second-order valence-electron chi connectivity index (χ2n) is 12.4. The van der Waals surface area contributed by atoms with E-state index in [2.05, 4.69) is 77.9 Å². The molecule has 2 aromatic carbocycles. The van der Waals surface area contributed by atoms with E-state index in [4.69, 9.17) is 0 Å². The summed E-state index contributed by atoms with van der Waals surface area (Å²) in [5, 5.41) is 2.81. The van der Waals surface area contributed by atoms with E-state index in [0.29, 0.717) is 0 Å². The zero-order valence-electron chi connectivity index (χ0n) is 22.1. The molecule has 0 aliphatic carbocycles. The highest BCUT2D eigenvalue weighted by Crippen LogP contribution is 2.60. The smallest absolute Gasteiger partial charge is 0.232 e. The molecule has 2 heterocycles. The van der Waals surface area contributed by atoms with Gasteiger partial charge < -0.3 is 9.80 Å². The summed E-state index contributed by atoms with van der Waals surface area (Å²) in [6.45, 7) is 19.8. The van der Waals surface area contributed by atoms with Crippen LogP contribution in [0.2, 0.25) is 0 Å². The van der Waals surface area contributed by atoms with Gasteiger partial charge in [-0.25, -0.2) is 0 Å². The quantitative estimate of drug-likeness (QED) is 0.354. The summed E-state index contributed by atoms with van der Waals surface area (Å²) in [5.41, 5.74) is 4.16. The molecule has 4 rings (SSSR count). The van der Waals surface area contributed by atoms with Crippen molar-refractivity contribution in [2.45, 2.75) is 72.6 Å². The van der Waals surface area contributed by atoms with Crippen molar-refractivity contribution in [3.05, 3.63) is 36.4 Å². The molecule has 0 saturated heterocycles. The number of fused-ring (bicyclic) bond motifs is 2. The van der Waals surface area contributed by atoms with Crippen LogP contribution in [0.1, 0.15) is 62.3 Å². The Morgan fingerprint density at radius 3 is 1.71 bits per heavy atom. The minimum atomic E-state index is -0.600. The van der Waals surface area contributed by atoms with Crippen LogP contribution in [0.15, 0.2) is 36.4 Å². The molecule has 0 aromatic heterocycles. The first-order valence-electron chi connectivity index (χ1n) is 12.0. The molecule has 2 atom stereocenters. The Balaban J connectivity index is 1.98. The SMILES string of the molecule is CC(C)(C)C(=O)N1CP(C(C)(C)C)c2c(-c3cccc4c3P(C(C)(C)C)CN4C=O)cccc21. The minimum absolute atomic E-state index is 0.0641. The van der Waals surface area contributed by atoms with Gasteiger partial charge in [-0.1, -0.05) is 86.6 Å². The van der Waals surface area contributed by atoms with Crippen LogP contribution in [0.5, 0.6) is 0 Å². The van der Waals surface area contributed by atoms with E-state index in [-0.39, 0.29) is 16.2 Å². The monoisotopic (exact) mass is 496 g/mol. The first-order chi connectivity index (χ1) is 15.7. The minimum Gasteiger partial charge on any atom is -0.310 e. The van der Waals surface area contributed by atoms with Crippen molar-refractivity contribution in [2.75, 3.05) is 22.4 Å². The number of anilines is 2. The summed E-state index contributed by atoms with van der Waals surface area (Å²) in [6, 6.07) is 12.9. The third kappa shape index (κ3) is 4.22. The zero-order chi connectivity index (χ0) is 25.2. The van der Waals surface area contributed by atoms with E-state index >= 15 is 0 Å². The molecule has 0 spiro atoms. The van der Waals surface area contributed by atoms with Gasteiger partial charge in [-0.15, -0.1) is 0 Å². The summed E-state index contributed by atoms with van der Waals surface area (Å²) >= 11 is 0. The van der Waals surface area contributed by atoms with Crippen molar-refractivity contribution in [3.8, 4) is 11.1 Å². The van der Waals surface area contributed by atoms with Crippen LogP contribution in [-0.2, 0) is 9.59 Å². The van der Waals surface area contributed by atoms with Gasteiger partial charge in [0.25, 0.3) is 0 Å². The van der Waals surface area contributed by atoms with Crippen LogP contribution >= 0.6 is 15.8 Å². The van der Waals surface area contributed by atoms with E-state index in [1.54, 1.807) is 0 Å². The lowest BCUT2D eigenvalue weighted by Gasteiger charge is -2.31. The van der Waals surface area contributed by atoms with E-state index in [0.717, 1.165) is 30.4 Å². The number of carbonyl (C=O) groups is 2. The third-order valence-corrected chi connectivity index (χ3v) is 13.1. The van der Waals surface area contributed by atoms with Crippen molar-refractivity contribution in [3.63, 3.8) is 0 Å².